The lowest BCUT2D eigenvalue weighted by atomic mass is 10.2. The van der Waals surface area contributed by atoms with Crippen LogP contribution in [0, 0.1) is 0 Å². The molecular weight excluding hydrogens is 285 g/mol. The molecule has 0 atom stereocenters. The fraction of sp³-hybridized carbons (Fsp3) is 0.400. The second-order valence-corrected chi connectivity index (χ2v) is 4.27. The molecule has 1 heterocycles. The first-order valence-electron chi connectivity index (χ1n) is 3.92. The van der Waals surface area contributed by atoms with Crippen molar-refractivity contribution in [3.8, 4) is 0 Å². The van der Waals surface area contributed by atoms with Crippen molar-refractivity contribution in [3.05, 3.63) is 0 Å². The van der Waals surface area contributed by atoms with Gasteiger partial charge in [-0.15, -0.1) is 0 Å². The van der Waals surface area contributed by atoms with Gasteiger partial charge in [0.1, 0.15) is 0 Å². The average molecular weight is 288 g/mol. The highest BCUT2D eigenvalue weighted by molar-refractivity contribution is 7.89. The van der Waals surface area contributed by atoms with Crippen LogP contribution < -0.4 is 0 Å². The number of methoxy groups -OCH3 is 1. The van der Waals surface area contributed by atoms with Gasteiger partial charge in [0.25, 0.3) is 0 Å². The highest BCUT2D eigenvalue weighted by atomic mass is 32.2. The molecule has 0 radical (unpaired) electrons. The number of ether oxygens (including phenoxy) is 1. The van der Waals surface area contributed by atoms with Crippen LogP contribution in [0.4, 0.5) is 8.78 Å². The zero-order valence-electron chi connectivity index (χ0n) is 8.42. The lowest BCUT2D eigenvalue weighted by Crippen LogP contribution is -2.53. The highest BCUT2D eigenvalue weighted by Gasteiger charge is 2.64. The van der Waals surface area contributed by atoms with Crippen molar-refractivity contribution in [1.82, 2.24) is 0 Å². The van der Waals surface area contributed by atoms with E-state index in [1.165, 1.54) is 0 Å². The molecule has 0 unspecified atom stereocenters. The standard InChI is InChI=1S/C5H3BF2O9S/c1-14-2(9)3(10)15-6-16-4(11)5(7,8)18(12,13)17-6/h1H3. The number of rotatable bonds is 1. The minimum atomic E-state index is -5.67. The number of esters is 1. The van der Waals surface area contributed by atoms with Crippen molar-refractivity contribution in [2.45, 2.75) is 5.25 Å². The van der Waals surface area contributed by atoms with E-state index in [2.05, 4.69) is 18.1 Å². The molecule has 18 heavy (non-hydrogen) atoms. The van der Waals surface area contributed by atoms with E-state index in [4.69, 9.17) is 0 Å². The third-order valence-electron chi connectivity index (χ3n) is 1.52. The maximum absolute atomic E-state index is 12.7. The predicted octanol–water partition coefficient (Wildman–Crippen LogP) is -1.82. The summed E-state index contributed by atoms with van der Waals surface area (Å²) >= 11 is 0. The summed E-state index contributed by atoms with van der Waals surface area (Å²) < 4.78 is 61.8. The van der Waals surface area contributed by atoms with Crippen molar-refractivity contribution in [2.75, 3.05) is 7.11 Å². The Morgan fingerprint density at radius 3 is 2.33 bits per heavy atom. The van der Waals surface area contributed by atoms with E-state index in [0.29, 0.717) is 0 Å². The van der Waals surface area contributed by atoms with Crippen LogP contribution >= 0.6 is 0 Å². The molecule has 0 aromatic heterocycles. The van der Waals surface area contributed by atoms with E-state index in [1.807, 2.05) is 0 Å². The van der Waals surface area contributed by atoms with Crippen LogP contribution in [-0.4, -0.2) is 46.0 Å². The minimum absolute atomic E-state index is 0.794. The van der Waals surface area contributed by atoms with Gasteiger partial charge >= 0.3 is 40.6 Å². The van der Waals surface area contributed by atoms with Gasteiger partial charge in [-0.1, -0.05) is 0 Å². The highest BCUT2D eigenvalue weighted by Crippen LogP contribution is 2.30. The van der Waals surface area contributed by atoms with E-state index in [1.54, 1.807) is 0 Å². The zero-order valence-corrected chi connectivity index (χ0v) is 9.23. The van der Waals surface area contributed by atoms with Crippen LogP contribution in [0.5, 0.6) is 0 Å². The third kappa shape index (κ3) is 2.40. The van der Waals surface area contributed by atoms with E-state index >= 15 is 0 Å². The Kier molecular flexibility index (Phi) is 3.57. The summed E-state index contributed by atoms with van der Waals surface area (Å²) in [6.45, 7) is 0. The summed E-state index contributed by atoms with van der Waals surface area (Å²) in [6, 6.07) is 0. The number of hydrogen-bond acceptors (Lipinski definition) is 9. The van der Waals surface area contributed by atoms with Crippen LogP contribution in [-0.2, 0) is 42.6 Å². The fourth-order valence-electron chi connectivity index (χ4n) is 0.704. The van der Waals surface area contributed by atoms with Gasteiger partial charge < -0.3 is 14.0 Å². The normalized spacial score (nSPS) is 20.8. The predicted molar refractivity (Wildman–Crippen MR) is 44.9 cm³/mol. The Hall–Kier alpha value is -1.76. The molecule has 1 aliphatic heterocycles. The van der Waals surface area contributed by atoms with Gasteiger partial charge in [0.05, 0.1) is 7.11 Å². The van der Waals surface area contributed by atoms with Crippen molar-refractivity contribution in [2.24, 2.45) is 0 Å². The Bertz CT molecular complexity index is 499. The second-order valence-electron chi connectivity index (χ2n) is 2.66. The van der Waals surface area contributed by atoms with E-state index in [0.717, 1.165) is 7.11 Å². The summed E-state index contributed by atoms with van der Waals surface area (Å²) in [7, 11) is -7.50. The molecule has 13 heteroatoms. The molecule has 0 aromatic carbocycles. The third-order valence-corrected chi connectivity index (χ3v) is 2.72. The first-order chi connectivity index (χ1) is 8.11. The van der Waals surface area contributed by atoms with Crippen molar-refractivity contribution >= 4 is 35.3 Å². The van der Waals surface area contributed by atoms with Gasteiger partial charge in [-0.2, -0.15) is 17.2 Å². The van der Waals surface area contributed by atoms with Crippen molar-refractivity contribution < 1.29 is 49.7 Å². The molecule has 0 N–H and O–H groups in total. The molecule has 1 saturated heterocycles. The molecule has 1 fully saturated rings. The Morgan fingerprint density at radius 1 is 1.33 bits per heavy atom. The summed E-state index contributed by atoms with van der Waals surface area (Å²) in [5.74, 6) is -5.88. The number of carbonyl (C=O) groups excluding carboxylic acids is 3. The number of halogens is 2. The molecule has 0 aliphatic carbocycles. The van der Waals surface area contributed by atoms with Crippen LogP contribution in [0.2, 0.25) is 0 Å². The maximum Gasteiger partial charge on any atom is 0.807 e. The Balaban J connectivity index is 2.83. The van der Waals surface area contributed by atoms with E-state index in [-0.39, 0.29) is 0 Å². The largest absolute Gasteiger partial charge is 0.807 e. The molecule has 100 valence electrons. The Morgan fingerprint density at radius 2 is 1.89 bits per heavy atom. The molecule has 1 aliphatic rings. The van der Waals surface area contributed by atoms with Crippen LogP contribution in [0.25, 0.3) is 0 Å². The number of hydrogen-bond donors (Lipinski definition) is 0. The average Bonchev–Trinajstić information content (AvgIpc) is 2.24. The maximum atomic E-state index is 12.7. The van der Waals surface area contributed by atoms with E-state index in [9.17, 15) is 31.6 Å². The van der Waals surface area contributed by atoms with Gasteiger partial charge in [-0.3, -0.25) is 0 Å². The summed E-state index contributed by atoms with van der Waals surface area (Å²) in [6.07, 6.45) is 0. The monoisotopic (exact) mass is 288 g/mol. The summed E-state index contributed by atoms with van der Waals surface area (Å²) in [5, 5.41) is -4.93. The van der Waals surface area contributed by atoms with Gasteiger partial charge in [0.15, 0.2) is 0 Å². The van der Waals surface area contributed by atoms with Crippen LogP contribution in [0.3, 0.4) is 0 Å². The van der Waals surface area contributed by atoms with Crippen LogP contribution in [0.15, 0.2) is 0 Å². The first kappa shape index (κ1) is 14.3. The molecule has 1 rings (SSSR count). The molecular formula is C5H3BF2O9S. The molecule has 0 spiro atoms. The smallest absolute Gasteiger partial charge is 0.467 e. The van der Waals surface area contributed by atoms with Gasteiger partial charge in [-0.05, 0) is 0 Å². The van der Waals surface area contributed by atoms with Crippen molar-refractivity contribution in [1.29, 1.82) is 0 Å². The SMILES string of the molecule is COC(=O)C(=O)OB1OC(=O)C(F)(F)S(=O)(=O)O1. The second kappa shape index (κ2) is 4.49. The quantitative estimate of drug-likeness (QED) is 0.312. The fourth-order valence-corrected chi connectivity index (χ4v) is 1.36. The zero-order chi connectivity index (χ0) is 14.1. The first-order valence-corrected chi connectivity index (χ1v) is 5.33. The molecule has 9 nitrogen and oxygen atoms in total. The molecule has 0 bridgehead atoms. The van der Waals surface area contributed by atoms with Crippen molar-refractivity contribution in [3.63, 3.8) is 0 Å². The topological polar surface area (TPSA) is 122 Å². The number of alkyl halides is 2. The van der Waals surface area contributed by atoms with Gasteiger partial charge in [-0.25, -0.2) is 18.5 Å². The van der Waals surface area contributed by atoms with Gasteiger partial charge in [0, 0.05) is 0 Å². The van der Waals surface area contributed by atoms with Crippen LogP contribution in [0.1, 0.15) is 0 Å². The van der Waals surface area contributed by atoms with Gasteiger partial charge in [0.2, 0.25) is 0 Å². The molecule has 0 saturated carbocycles. The number of carbonyl (C=O) groups is 3. The Labute approximate surface area is 98.2 Å². The lowest BCUT2D eigenvalue weighted by Gasteiger charge is -2.23. The molecule has 0 amide bonds. The van der Waals surface area contributed by atoms with E-state index < -0.39 is 40.6 Å². The lowest BCUT2D eigenvalue weighted by molar-refractivity contribution is -0.165. The molecule has 0 aromatic rings. The summed E-state index contributed by atoms with van der Waals surface area (Å²) in [5.41, 5.74) is 0. The summed E-state index contributed by atoms with van der Waals surface area (Å²) in [4.78, 5) is 32.0. The minimum Gasteiger partial charge on any atom is -0.467 e.